The molecule has 0 aliphatic carbocycles. The molecule has 0 fully saturated rings. The van der Waals surface area contributed by atoms with Gasteiger partial charge in [0, 0.05) is 5.57 Å². The minimum absolute atomic E-state index is 0.323. The molecule has 0 bridgehead atoms. The summed E-state index contributed by atoms with van der Waals surface area (Å²) in [4.78, 5) is 11.3. The van der Waals surface area contributed by atoms with Crippen molar-refractivity contribution in [2.24, 2.45) is 0 Å². The van der Waals surface area contributed by atoms with Crippen LogP contribution in [0, 0.1) is 0 Å². The van der Waals surface area contributed by atoms with Crippen LogP contribution >= 0.6 is 0 Å². The van der Waals surface area contributed by atoms with Crippen LogP contribution in [-0.2, 0) is 4.79 Å². The highest BCUT2D eigenvalue weighted by Gasteiger charge is 2.05. The van der Waals surface area contributed by atoms with Crippen molar-refractivity contribution in [2.75, 3.05) is 0 Å². The first-order valence-corrected chi connectivity index (χ1v) is 8.57. The Morgan fingerprint density at radius 2 is 1.30 bits per heavy atom. The number of phenols is 1. The van der Waals surface area contributed by atoms with Crippen LogP contribution in [0.4, 0.5) is 0 Å². The van der Waals surface area contributed by atoms with Crippen LogP contribution in [0.1, 0.15) is 6.92 Å². The minimum Gasteiger partial charge on any atom is -0.508 e. The molecule has 0 unspecified atom stereocenters. The quantitative estimate of drug-likeness (QED) is 0.278. The number of esters is 1. The molecule has 4 aromatic carbocycles. The fourth-order valence-corrected chi connectivity index (χ4v) is 2.60. The molecule has 0 spiro atoms. The number of hydrogen-bond donors (Lipinski definition) is 1. The third-order valence-electron chi connectivity index (χ3n) is 4.01. The van der Waals surface area contributed by atoms with Gasteiger partial charge >= 0.3 is 5.97 Å². The van der Waals surface area contributed by atoms with Crippen LogP contribution in [0.3, 0.4) is 0 Å². The van der Waals surface area contributed by atoms with Gasteiger partial charge in [0.05, 0.1) is 0 Å². The molecule has 1 N–H and O–H groups in total. The highest BCUT2D eigenvalue weighted by atomic mass is 16.5. The van der Waals surface area contributed by atoms with Gasteiger partial charge in [-0.15, -0.1) is 0 Å². The number of rotatable bonds is 2. The van der Waals surface area contributed by atoms with E-state index in [1.54, 1.807) is 25.1 Å². The molecule has 4 aromatic rings. The molecule has 0 aromatic heterocycles. The Hall–Kier alpha value is -3.59. The molecule has 3 heteroatoms. The Bertz CT molecular complexity index is 1110. The number of ether oxygens (including phenoxy) is 1. The van der Waals surface area contributed by atoms with E-state index in [2.05, 4.69) is 6.58 Å². The number of phenolic OH excluding ortho intramolecular Hbond substituents is 1. The second-order valence-corrected chi connectivity index (χ2v) is 6.21. The Morgan fingerprint density at radius 3 is 1.89 bits per heavy atom. The third kappa shape index (κ3) is 4.73. The van der Waals surface area contributed by atoms with Crippen LogP contribution in [0.25, 0.3) is 21.5 Å². The summed E-state index contributed by atoms with van der Waals surface area (Å²) < 4.78 is 5.15. The second-order valence-electron chi connectivity index (χ2n) is 6.21. The summed E-state index contributed by atoms with van der Waals surface area (Å²) >= 11 is 0. The second kappa shape index (κ2) is 8.19. The SMILES string of the molecule is C=C(C)C(=O)Oc1ccc2ccccc2c1.Oc1ccc2ccccc2c1. The maximum atomic E-state index is 11.3. The molecule has 134 valence electrons. The highest BCUT2D eigenvalue weighted by Crippen LogP contribution is 2.21. The Balaban J connectivity index is 0.000000166. The summed E-state index contributed by atoms with van der Waals surface area (Å²) in [6.07, 6.45) is 0. The van der Waals surface area contributed by atoms with Gasteiger partial charge in [0.2, 0.25) is 0 Å². The summed E-state index contributed by atoms with van der Waals surface area (Å²) in [7, 11) is 0. The summed E-state index contributed by atoms with van der Waals surface area (Å²) in [5.74, 6) is 0.477. The van der Waals surface area contributed by atoms with E-state index >= 15 is 0 Å². The molecule has 0 radical (unpaired) electrons. The van der Waals surface area contributed by atoms with Crippen molar-refractivity contribution in [1.29, 1.82) is 0 Å². The molecule has 0 saturated heterocycles. The van der Waals surface area contributed by atoms with Crippen LogP contribution in [0.5, 0.6) is 11.5 Å². The number of carbonyl (C=O) groups excluding carboxylic acids is 1. The van der Waals surface area contributed by atoms with E-state index in [4.69, 9.17) is 9.84 Å². The molecule has 4 rings (SSSR count). The topological polar surface area (TPSA) is 46.5 Å². The predicted molar refractivity (Wildman–Crippen MR) is 110 cm³/mol. The van der Waals surface area contributed by atoms with Crippen LogP contribution in [0.15, 0.2) is 97.1 Å². The lowest BCUT2D eigenvalue weighted by molar-refractivity contribution is -0.130. The van der Waals surface area contributed by atoms with Crippen molar-refractivity contribution in [1.82, 2.24) is 0 Å². The van der Waals surface area contributed by atoms with Crippen molar-refractivity contribution in [2.45, 2.75) is 6.92 Å². The van der Waals surface area contributed by atoms with Crippen molar-refractivity contribution < 1.29 is 14.6 Å². The van der Waals surface area contributed by atoms with Crippen LogP contribution in [0.2, 0.25) is 0 Å². The monoisotopic (exact) mass is 356 g/mol. The first-order chi connectivity index (χ1) is 13.0. The summed E-state index contributed by atoms with van der Waals surface area (Å²) in [6.45, 7) is 5.17. The van der Waals surface area contributed by atoms with Gasteiger partial charge in [0.15, 0.2) is 0 Å². The van der Waals surface area contributed by atoms with E-state index in [9.17, 15) is 4.79 Å². The van der Waals surface area contributed by atoms with E-state index in [0.29, 0.717) is 17.1 Å². The Kier molecular flexibility index (Phi) is 5.53. The van der Waals surface area contributed by atoms with E-state index in [1.807, 2.05) is 66.7 Å². The number of aromatic hydroxyl groups is 1. The lowest BCUT2D eigenvalue weighted by atomic mass is 10.1. The van der Waals surface area contributed by atoms with Gasteiger partial charge in [-0.3, -0.25) is 0 Å². The maximum absolute atomic E-state index is 11.3. The van der Waals surface area contributed by atoms with Gasteiger partial charge in [-0.05, 0) is 52.7 Å². The Morgan fingerprint density at radius 1 is 0.778 bits per heavy atom. The summed E-state index contributed by atoms with van der Waals surface area (Å²) in [5.41, 5.74) is 0.396. The normalized spacial score (nSPS) is 10.1. The minimum atomic E-state index is -0.393. The van der Waals surface area contributed by atoms with Crippen molar-refractivity contribution in [3.63, 3.8) is 0 Å². The first kappa shape index (κ1) is 18.2. The molecule has 27 heavy (non-hydrogen) atoms. The zero-order valence-corrected chi connectivity index (χ0v) is 15.1. The van der Waals surface area contributed by atoms with Crippen LogP contribution in [-0.4, -0.2) is 11.1 Å². The molecule has 3 nitrogen and oxygen atoms in total. The zero-order chi connectivity index (χ0) is 19.2. The Labute approximate surface area is 158 Å². The fraction of sp³-hybridized carbons (Fsp3) is 0.0417. The van der Waals surface area contributed by atoms with Gasteiger partial charge in [-0.1, -0.05) is 67.2 Å². The first-order valence-electron chi connectivity index (χ1n) is 8.57. The highest BCUT2D eigenvalue weighted by molar-refractivity contribution is 5.90. The smallest absolute Gasteiger partial charge is 0.338 e. The molecule has 0 atom stereocenters. The van der Waals surface area contributed by atoms with Gasteiger partial charge in [-0.2, -0.15) is 0 Å². The third-order valence-corrected chi connectivity index (χ3v) is 4.01. The van der Waals surface area contributed by atoms with E-state index in [1.165, 1.54) is 0 Å². The molecule has 0 saturated carbocycles. The molecular weight excluding hydrogens is 336 g/mol. The lowest BCUT2D eigenvalue weighted by Crippen LogP contribution is -2.07. The molecule has 0 aliphatic heterocycles. The van der Waals surface area contributed by atoms with Crippen molar-refractivity contribution in [3.8, 4) is 11.5 Å². The number of carbonyl (C=O) groups is 1. The molecule has 0 heterocycles. The van der Waals surface area contributed by atoms with Crippen LogP contribution < -0.4 is 4.74 Å². The number of hydrogen-bond acceptors (Lipinski definition) is 3. The van der Waals surface area contributed by atoms with E-state index in [-0.39, 0.29) is 0 Å². The lowest BCUT2D eigenvalue weighted by Gasteiger charge is -2.04. The predicted octanol–water partition coefficient (Wildman–Crippen LogP) is 5.87. The fourth-order valence-electron chi connectivity index (χ4n) is 2.60. The zero-order valence-electron chi connectivity index (χ0n) is 15.1. The maximum Gasteiger partial charge on any atom is 0.338 e. The van der Waals surface area contributed by atoms with Gasteiger partial charge in [-0.25, -0.2) is 4.79 Å². The summed E-state index contributed by atoms with van der Waals surface area (Å²) in [5, 5.41) is 13.5. The number of benzene rings is 4. The van der Waals surface area contributed by atoms with Gasteiger partial charge in [0.25, 0.3) is 0 Å². The molecule has 0 amide bonds. The molecular formula is C24H20O3. The number of fused-ring (bicyclic) bond motifs is 2. The average Bonchev–Trinajstić information content (AvgIpc) is 2.68. The molecule has 0 aliphatic rings. The van der Waals surface area contributed by atoms with Crippen molar-refractivity contribution in [3.05, 3.63) is 97.1 Å². The summed E-state index contributed by atoms with van der Waals surface area (Å²) in [6, 6.07) is 26.8. The largest absolute Gasteiger partial charge is 0.508 e. The van der Waals surface area contributed by atoms with E-state index in [0.717, 1.165) is 21.5 Å². The average molecular weight is 356 g/mol. The van der Waals surface area contributed by atoms with Gasteiger partial charge < -0.3 is 9.84 Å². The van der Waals surface area contributed by atoms with E-state index < -0.39 is 5.97 Å². The van der Waals surface area contributed by atoms with Gasteiger partial charge in [0.1, 0.15) is 11.5 Å². The van der Waals surface area contributed by atoms with Crippen molar-refractivity contribution >= 4 is 27.5 Å². The standard InChI is InChI=1S/C14H12O2.C10H8O/c1-10(2)14(15)16-13-8-7-11-5-3-4-6-12(11)9-13;11-10-6-5-8-3-1-2-4-9(8)7-10/h3-9H,1H2,2H3;1-7,11H.